The van der Waals surface area contributed by atoms with Crippen molar-refractivity contribution in [2.75, 3.05) is 11.9 Å². The Morgan fingerprint density at radius 2 is 2.42 bits per heavy atom. The molecule has 2 unspecified atom stereocenters. The van der Waals surface area contributed by atoms with Crippen LogP contribution in [0.25, 0.3) is 11.2 Å². The minimum absolute atomic E-state index is 0.136. The molecule has 0 aromatic carbocycles. The molecule has 3 heterocycles. The number of rotatable bonds is 2. The summed E-state index contributed by atoms with van der Waals surface area (Å²) in [5.74, 6) is 0.0674. The summed E-state index contributed by atoms with van der Waals surface area (Å²) < 4.78 is 5.38. The molecule has 1 aliphatic heterocycles. The molecule has 1 saturated heterocycles. The maximum Gasteiger partial charge on any atom is 0.256 e. The van der Waals surface area contributed by atoms with Crippen LogP contribution >= 0.6 is 11.6 Å². The molecular weight excluding hydrogens is 270 g/mol. The SMILES string of the molecule is CC1CCOC1C(=O)Nc1nc(Cl)c2[nH]cnc2n1. The molecule has 7 nitrogen and oxygen atoms in total. The summed E-state index contributed by atoms with van der Waals surface area (Å²) in [4.78, 5) is 26.9. The normalized spacial score (nSPS) is 22.8. The van der Waals surface area contributed by atoms with Crippen molar-refractivity contribution in [3.05, 3.63) is 11.5 Å². The van der Waals surface area contributed by atoms with Crippen molar-refractivity contribution in [3.8, 4) is 0 Å². The second-order valence-electron chi connectivity index (χ2n) is 4.49. The topological polar surface area (TPSA) is 92.8 Å². The Morgan fingerprint density at radius 3 is 3.16 bits per heavy atom. The standard InChI is InChI=1S/C11H12ClN5O2/c1-5-2-3-19-7(5)10(18)17-11-15-8(12)6-9(16-11)14-4-13-6/h4-5,7H,2-3H2,1H3,(H2,13,14,15,16,17,18). The van der Waals surface area contributed by atoms with E-state index in [2.05, 4.69) is 25.3 Å². The number of imidazole rings is 1. The molecule has 2 aromatic rings. The molecule has 3 rings (SSSR count). The first-order chi connectivity index (χ1) is 9.15. The van der Waals surface area contributed by atoms with Crippen LogP contribution < -0.4 is 5.32 Å². The molecule has 0 saturated carbocycles. The Bertz CT molecular complexity index is 629. The number of nitrogens with one attached hydrogen (secondary N) is 2. The lowest BCUT2D eigenvalue weighted by molar-refractivity contribution is -0.126. The number of amides is 1. The van der Waals surface area contributed by atoms with E-state index in [9.17, 15) is 4.79 Å². The van der Waals surface area contributed by atoms with Crippen molar-refractivity contribution in [2.45, 2.75) is 19.4 Å². The van der Waals surface area contributed by atoms with Gasteiger partial charge in [-0.05, 0) is 12.3 Å². The Kier molecular flexibility index (Phi) is 3.08. The first-order valence-electron chi connectivity index (χ1n) is 5.94. The molecule has 100 valence electrons. The van der Waals surface area contributed by atoms with Crippen molar-refractivity contribution in [2.24, 2.45) is 5.92 Å². The van der Waals surface area contributed by atoms with Gasteiger partial charge in [0.15, 0.2) is 10.8 Å². The zero-order valence-electron chi connectivity index (χ0n) is 10.2. The summed E-state index contributed by atoms with van der Waals surface area (Å²) in [6.45, 7) is 2.57. The van der Waals surface area contributed by atoms with Crippen molar-refractivity contribution >= 4 is 34.6 Å². The molecule has 2 N–H and O–H groups in total. The van der Waals surface area contributed by atoms with Gasteiger partial charge in [0.2, 0.25) is 5.95 Å². The molecule has 0 radical (unpaired) electrons. The summed E-state index contributed by atoms with van der Waals surface area (Å²) in [6, 6.07) is 0. The lowest BCUT2D eigenvalue weighted by Crippen LogP contribution is -2.31. The number of carbonyl (C=O) groups is 1. The van der Waals surface area contributed by atoms with Crippen LogP contribution in [0.4, 0.5) is 5.95 Å². The smallest absolute Gasteiger partial charge is 0.256 e. The summed E-state index contributed by atoms with van der Waals surface area (Å²) in [6.07, 6.45) is 1.88. The summed E-state index contributed by atoms with van der Waals surface area (Å²) in [5, 5.41) is 2.83. The molecule has 1 aliphatic rings. The van der Waals surface area contributed by atoms with E-state index in [0.29, 0.717) is 17.8 Å². The van der Waals surface area contributed by atoms with Crippen molar-refractivity contribution < 1.29 is 9.53 Å². The van der Waals surface area contributed by atoms with Gasteiger partial charge < -0.3 is 9.72 Å². The number of ether oxygens (including phenoxy) is 1. The monoisotopic (exact) mass is 281 g/mol. The average molecular weight is 282 g/mol. The Morgan fingerprint density at radius 1 is 1.58 bits per heavy atom. The van der Waals surface area contributed by atoms with Gasteiger partial charge in [-0.25, -0.2) is 4.98 Å². The van der Waals surface area contributed by atoms with E-state index in [0.717, 1.165) is 6.42 Å². The van der Waals surface area contributed by atoms with Crippen LogP contribution in [0.15, 0.2) is 6.33 Å². The van der Waals surface area contributed by atoms with E-state index >= 15 is 0 Å². The van der Waals surface area contributed by atoms with Crippen molar-refractivity contribution in [1.82, 2.24) is 19.9 Å². The molecule has 8 heteroatoms. The number of hydrogen-bond acceptors (Lipinski definition) is 5. The van der Waals surface area contributed by atoms with Crippen LogP contribution in [0.5, 0.6) is 0 Å². The van der Waals surface area contributed by atoms with Crippen molar-refractivity contribution in [3.63, 3.8) is 0 Å². The van der Waals surface area contributed by atoms with Crippen LogP contribution in [-0.4, -0.2) is 38.6 Å². The van der Waals surface area contributed by atoms with Gasteiger partial charge in [0, 0.05) is 6.61 Å². The van der Waals surface area contributed by atoms with Crippen LogP contribution in [0.2, 0.25) is 5.15 Å². The predicted octanol–water partition coefficient (Wildman–Crippen LogP) is 1.37. The number of nitrogens with zero attached hydrogens (tertiary/aromatic N) is 3. The van der Waals surface area contributed by atoms with Gasteiger partial charge in [-0.3, -0.25) is 10.1 Å². The van der Waals surface area contributed by atoms with Gasteiger partial charge in [-0.1, -0.05) is 18.5 Å². The van der Waals surface area contributed by atoms with Crippen molar-refractivity contribution in [1.29, 1.82) is 0 Å². The average Bonchev–Trinajstić information content (AvgIpc) is 2.97. The lowest BCUT2D eigenvalue weighted by Gasteiger charge is -2.13. The molecule has 2 aromatic heterocycles. The minimum atomic E-state index is -0.461. The third kappa shape index (κ3) is 2.26. The number of H-pyrrole nitrogens is 1. The quantitative estimate of drug-likeness (QED) is 0.811. The summed E-state index contributed by atoms with van der Waals surface area (Å²) in [5.41, 5.74) is 0.959. The number of aromatic nitrogens is 4. The maximum atomic E-state index is 12.0. The maximum absolute atomic E-state index is 12.0. The number of aromatic amines is 1. The third-order valence-electron chi connectivity index (χ3n) is 3.12. The molecular formula is C11H12ClN5O2. The zero-order chi connectivity index (χ0) is 13.4. The second kappa shape index (κ2) is 4.75. The Balaban J connectivity index is 1.83. The van der Waals surface area contributed by atoms with E-state index in [1.165, 1.54) is 6.33 Å². The third-order valence-corrected chi connectivity index (χ3v) is 3.40. The highest BCUT2D eigenvalue weighted by Crippen LogP contribution is 2.22. The van der Waals surface area contributed by atoms with E-state index in [1.807, 2.05) is 6.92 Å². The van der Waals surface area contributed by atoms with Crippen LogP contribution in [0.1, 0.15) is 13.3 Å². The van der Waals surface area contributed by atoms with E-state index in [1.54, 1.807) is 0 Å². The molecule has 1 amide bonds. The number of halogens is 1. The number of hydrogen-bond donors (Lipinski definition) is 2. The fourth-order valence-electron chi connectivity index (χ4n) is 2.07. The fourth-order valence-corrected chi connectivity index (χ4v) is 2.28. The highest BCUT2D eigenvalue weighted by Gasteiger charge is 2.31. The van der Waals surface area contributed by atoms with E-state index < -0.39 is 6.10 Å². The molecule has 0 bridgehead atoms. The van der Waals surface area contributed by atoms with Gasteiger partial charge in [0.25, 0.3) is 5.91 Å². The van der Waals surface area contributed by atoms with Gasteiger partial charge in [0.1, 0.15) is 11.6 Å². The largest absolute Gasteiger partial charge is 0.368 e. The summed E-state index contributed by atoms with van der Waals surface area (Å²) in [7, 11) is 0. The number of carbonyl (C=O) groups excluding carboxylic acids is 1. The minimum Gasteiger partial charge on any atom is -0.368 e. The second-order valence-corrected chi connectivity index (χ2v) is 4.84. The first kappa shape index (κ1) is 12.3. The summed E-state index contributed by atoms with van der Waals surface area (Å²) >= 11 is 5.97. The predicted molar refractivity (Wildman–Crippen MR) is 68.8 cm³/mol. The van der Waals surface area contributed by atoms with Gasteiger partial charge in [-0.15, -0.1) is 0 Å². The molecule has 2 atom stereocenters. The Hall–Kier alpha value is -1.73. The molecule has 0 aliphatic carbocycles. The highest BCUT2D eigenvalue weighted by molar-refractivity contribution is 6.33. The van der Waals surface area contributed by atoms with Gasteiger partial charge in [0.05, 0.1) is 6.33 Å². The molecule has 19 heavy (non-hydrogen) atoms. The first-order valence-corrected chi connectivity index (χ1v) is 6.32. The zero-order valence-corrected chi connectivity index (χ0v) is 10.9. The fraction of sp³-hybridized carbons (Fsp3) is 0.455. The van der Waals surface area contributed by atoms with Crippen LogP contribution in [-0.2, 0) is 9.53 Å². The van der Waals surface area contributed by atoms with E-state index in [-0.39, 0.29) is 22.9 Å². The lowest BCUT2D eigenvalue weighted by atomic mass is 10.0. The van der Waals surface area contributed by atoms with E-state index in [4.69, 9.17) is 16.3 Å². The van der Waals surface area contributed by atoms with Gasteiger partial charge in [-0.2, -0.15) is 9.97 Å². The molecule has 1 fully saturated rings. The number of fused-ring (bicyclic) bond motifs is 1. The van der Waals surface area contributed by atoms with Crippen LogP contribution in [0.3, 0.4) is 0 Å². The van der Waals surface area contributed by atoms with Crippen LogP contribution in [0, 0.1) is 5.92 Å². The number of anilines is 1. The Labute approximate surface area is 113 Å². The highest BCUT2D eigenvalue weighted by atomic mass is 35.5. The van der Waals surface area contributed by atoms with Gasteiger partial charge >= 0.3 is 0 Å². The molecule has 0 spiro atoms.